The molecule has 1 aromatic heterocycles. The molecule has 132 valence electrons. The van der Waals surface area contributed by atoms with Crippen molar-refractivity contribution < 1.29 is 9.16 Å². The number of hydrogen-bond donors (Lipinski definition) is 0. The maximum absolute atomic E-state index is 6.33. The Labute approximate surface area is 147 Å². The molecule has 0 radical (unpaired) electrons. The lowest BCUT2D eigenvalue weighted by atomic mass is 10.1. The van der Waals surface area contributed by atoms with E-state index in [1.165, 1.54) is 5.56 Å². The van der Waals surface area contributed by atoms with E-state index in [2.05, 4.69) is 49.5 Å². The normalized spacial score (nSPS) is 12.4. The second kappa shape index (κ2) is 7.53. The molecule has 0 amide bonds. The fourth-order valence-corrected chi connectivity index (χ4v) is 3.23. The van der Waals surface area contributed by atoms with Crippen LogP contribution in [0.15, 0.2) is 36.8 Å². The molecule has 4 nitrogen and oxygen atoms in total. The van der Waals surface area contributed by atoms with E-state index >= 15 is 0 Å². The van der Waals surface area contributed by atoms with E-state index in [4.69, 9.17) is 9.16 Å². The van der Waals surface area contributed by atoms with Gasteiger partial charge in [-0.15, -0.1) is 0 Å². The van der Waals surface area contributed by atoms with Crippen molar-refractivity contribution in [3.8, 4) is 5.75 Å². The Morgan fingerprint density at radius 3 is 2.54 bits per heavy atom. The molecule has 24 heavy (non-hydrogen) atoms. The molecule has 0 bridgehead atoms. The molecule has 2 aromatic rings. The number of hydrogen-bond acceptors (Lipinski definition) is 3. The summed E-state index contributed by atoms with van der Waals surface area (Å²) in [6.07, 6.45) is 4.71. The summed E-state index contributed by atoms with van der Waals surface area (Å²) in [5, 5.41) is 0.218. The third-order valence-corrected chi connectivity index (χ3v) is 9.48. The first kappa shape index (κ1) is 18.7. The number of ether oxygens (including phenoxy) is 1. The van der Waals surface area contributed by atoms with Crippen LogP contribution in [-0.4, -0.2) is 25.0 Å². The first-order chi connectivity index (χ1) is 11.2. The molecule has 0 atom stereocenters. The van der Waals surface area contributed by atoms with Crippen molar-refractivity contribution in [2.24, 2.45) is 0 Å². The lowest BCUT2D eigenvalue weighted by Gasteiger charge is -2.36. The van der Waals surface area contributed by atoms with Crippen LogP contribution in [0.4, 0.5) is 0 Å². The molecule has 2 rings (SSSR count). The molecule has 0 spiro atoms. The third-order valence-electron chi connectivity index (χ3n) is 5.00. The van der Waals surface area contributed by atoms with Gasteiger partial charge in [0.25, 0.3) is 0 Å². The summed E-state index contributed by atoms with van der Waals surface area (Å²) in [7, 11) is -0.0299. The van der Waals surface area contributed by atoms with Crippen LogP contribution < -0.4 is 4.74 Å². The smallest absolute Gasteiger partial charge is 0.192 e. The van der Waals surface area contributed by atoms with Crippen molar-refractivity contribution in [2.75, 3.05) is 7.11 Å². The van der Waals surface area contributed by atoms with E-state index in [0.717, 1.165) is 24.4 Å². The monoisotopic (exact) mass is 346 g/mol. The zero-order valence-corrected chi connectivity index (χ0v) is 16.8. The van der Waals surface area contributed by atoms with Gasteiger partial charge in [0.15, 0.2) is 8.32 Å². The van der Waals surface area contributed by atoms with Gasteiger partial charge in [0.2, 0.25) is 0 Å². The van der Waals surface area contributed by atoms with Crippen LogP contribution in [0, 0.1) is 0 Å². The minimum absolute atomic E-state index is 0.218. The number of aromatic nitrogens is 2. The number of aryl methyl sites for hydroxylation is 2. The summed E-state index contributed by atoms with van der Waals surface area (Å²) in [4.78, 5) is 4.31. The van der Waals surface area contributed by atoms with E-state index in [1.54, 1.807) is 7.11 Å². The predicted molar refractivity (Wildman–Crippen MR) is 101 cm³/mol. The van der Waals surface area contributed by atoms with E-state index in [-0.39, 0.29) is 5.04 Å². The van der Waals surface area contributed by atoms with Gasteiger partial charge >= 0.3 is 0 Å². The van der Waals surface area contributed by atoms with Crippen molar-refractivity contribution in [3.05, 3.63) is 48.0 Å². The summed E-state index contributed by atoms with van der Waals surface area (Å²) in [6, 6.07) is 8.16. The highest BCUT2D eigenvalue weighted by Crippen LogP contribution is 2.37. The summed E-state index contributed by atoms with van der Waals surface area (Å²) < 4.78 is 13.9. The van der Waals surface area contributed by atoms with Gasteiger partial charge in [-0.3, -0.25) is 0 Å². The van der Waals surface area contributed by atoms with Gasteiger partial charge < -0.3 is 13.7 Å². The highest BCUT2D eigenvalue weighted by molar-refractivity contribution is 6.74. The highest BCUT2D eigenvalue weighted by atomic mass is 28.4. The molecule has 0 aliphatic carbocycles. The Kier molecular flexibility index (Phi) is 5.88. The minimum atomic E-state index is -1.75. The highest BCUT2D eigenvalue weighted by Gasteiger charge is 2.37. The van der Waals surface area contributed by atoms with Crippen LogP contribution in [0.25, 0.3) is 0 Å². The van der Waals surface area contributed by atoms with Crippen LogP contribution in [0.3, 0.4) is 0 Å². The standard InChI is InChI=1S/C19H30N2O2Si/c1-19(2,3)24(5,6)23-14-17-13-20-15-21(17)12-11-16-9-7-8-10-18(16)22-4/h7-10,13,15H,11-12,14H2,1-6H3. The van der Waals surface area contributed by atoms with E-state index in [9.17, 15) is 0 Å². The Morgan fingerprint density at radius 1 is 1.17 bits per heavy atom. The average molecular weight is 347 g/mol. The molecular formula is C19H30N2O2Si. The lowest BCUT2D eigenvalue weighted by Crippen LogP contribution is -2.40. The average Bonchev–Trinajstić information content (AvgIpc) is 2.97. The fraction of sp³-hybridized carbons (Fsp3) is 0.526. The van der Waals surface area contributed by atoms with Crippen molar-refractivity contribution in [3.63, 3.8) is 0 Å². The van der Waals surface area contributed by atoms with Crippen LogP contribution in [0.1, 0.15) is 32.0 Å². The number of para-hydroxylation sites is 1. The molecule has 0 aliphatic rings. The number of nitrogens with zero attached hydrogens (tertiary/aromatic N) is 2. The topological polar surface area (TPSA) is 36.3 Å². The summed E-state index contributed by atoms with van der Waals surface area (Å²) in [5.74, 6) is 0.941. The molecule has 0 aliphatic heterocycles. The van der Waals surface area contributed by atoms with Gasteiger partial charge in [-0.1, -0.05) is 39.0 Å². The fourth-order valence-electron chi connectivity index (χ4n) is 2.29. The Bertz CT molecular complexity index is 659. The van der Waals surface area contributed by atoms with Gasteiger partial charge in [-0.2, -0.15) is 0 Å². The molecule has 1 heterocycles. The molecule has 1 aromatic carbocycles. The van der Waals surface area contributed by atoms with E-state index < -0.39 is 8.32 Å². The predicted octanol–water partition coefficient (Wildman–Crippen LogP) is 4.66. The first-order valence-electron chi connectivity index (χ1n) is 8.49. The largest absolute Gasteiger partial charge is 0.496 e. The summed E-state index contributed by atoms with van der Waals surface area (Å²) >= 11 is 0. The van der Waals surface area contributed by atoms with Crippen molar-refractivity contribution in [2.45, 2.75) is 58.5 Å². The number of methoxy groups -OCH3 is 1. The SMILES string of the molecule is COc1ccccc1CCn1cncc1CO[Si](C)(C)C(C)(C)C. The zero-order chi connectivity index (χ0) is 17.8. The van der Waals surface area contributed by atoms with Crippen LogP contribution in [0.2, 0.25) is 18.1 Å². The second-order valence-corrected chi connectivity index (χ2v) is 12.5. The lowest BCUT2D eigenvalue weighted by molar-refractivity contribution is 0.266. The molecule has 0 fully saturated rings. The summed E-state index contributed by atoms with van der Waals surface area (Å²) in [6.45, 7) is 12.8. The molecule has 0 saturated carbocycles. The van der Waals surface area contributed by atoms with E-state index in [0.29, 0.717) is 6.61 Å². The molecule has 0 saturated heterocycles. The van der Waals surface area contributed by atoms with Crippen molar-refractivity contribution >= 4 is 8.32 Å². The molecule has 0 N–H and O–H groups in total. The summed E-state index contributed by atoms with van der Waals surface area (Å²) in [5.41, 5.74) is 2.35. The van der Waals surface area contributed by atoms with Crippen molar-refractivity contribution in [1.29, 1.82) is 0 Å². The van der Waals surface area contributed by atoms with Gasteiger partial charge in [0.05, 0.1) is 31.9 Å². The maximum atomic E-state index is 6.33. The Balaban J connectivity index is 2.01. The van der Waals surface area contributed by atoms with Gasteiger partial charge in [-0.25, -0.2) is 4.98 Å². The Morgan fingerprint density at radius 2 is 1.88 bits per heavy atom. The number of benzene rings is 1. The van der Waals surface area contributed by atoms with Gasteiger partial charge in [-0.05, 0) is 36.2 Å². The van der Waals surface area contributed by atoms with Crippen LogP contribution >= 0.6 is 0 Å². The van der Waals surface area contributed by atoms with E-state index in [1.807, 2.05) is 30.7 Å². The van der Waals surface area contributed by atoms with Gasteiger partial charge in [0.1, 0.15) is 5.75 Å². The molecule has 0 unspecified atom stereocenters. The number of rotatable bonds is 7. The molecular weight excluding hydrogens is 316 g/mol. The first-order valence-corrected chi connectivity index (χ1v) is 11.4. The third kappa shape index (κ3) is 4.48. The van der Waals surface area contributed by atoms with Crippen molar-refractivity contribution in [1.82, 2.24) is 9.55 Å². The second-order valence-electron chi connectivity index (χ2n) is 7.69. The maximum Gasteiger partial charge on any atom is 0.192 e. The molecule has 5 heteroatoms. The quantitative estimate of drug-likeness (QED) is 0.684. The minimum Gasteiger partial charge on any atom is -0.496 e. The Hall–Kier alpha value is -1.59. The van der Waals surface area contributed by atoms with Gasteiger partial charge in [0, 0.05) is 6.54 Å². The van der Waals surface area contributed by atoms with Crippen LogP contribution in [-0.2, 0) is 24.0 Å². The zero-order valence-electron chi connectivity index (χ0n) is 15.8. The van der Waals surface area contributed by atoms with Crippen LogP contribution in [0.5, 0.6) is 5.75 Å². The number of imidazole rings is 1.